The third-order valence-corrected chi connectivity index (χ3v) is 5.21. The molecule has 24 heavy (non-hydrogen) atoms. The van der Waals surface area contributed by atoms with Crippen LogP contribution in [-0.2, 0) is 21.2 Å². The van der Waals surface area contributed by atoms with E-state index < -0.39 is 10.0 Å². The molecule has 1 aromatic rings. The zero-order valence-electron chi connectivity index (χ0n) is 14.2. The molecule has 0 spiro atoms. The van der Waals surface area contributed by atoms with E-state index in [1.807, 2.05) is 19.9 Å². The highest BCUT2D eigenvalue weighted by molar-refractivity contribution is 7.88. The molecule has 1 aromatic carbocycles. The van der Waals surface area contributed by atoms with Gasteiger partial charge >= 0.3 is 0 Å². The molecule has 0 heterocycles. The molecule has 1 amide bonds. The van der Waals surface area contributed by atoms with Crippen molar-refractivity contribution < 1.29 is 13.2 Å². The fraction of sp³-hybridized carbons (Fsp3) is 0.562. The van der Waals surface area contributed by atoms with Crippen molar-refractivity contribution in [2.45, 2.75) is 26.7 Å². The smallest absolute Gasteiger partial charge is 0.221 e. The van der Waals surface area contributed by atoms with Crippen LogP contribution in [0.25, 0.3) is 0 Å². The highest BCUT2D eigenvalue weighted by Gasteiger charge is 2.18. The minimum Gasteiger partial charge on any atom is -0.356 e. The summed E-state index contributed by atoms with van der Waals surface area (Å²) < 4.78 is 24.8. The summed E-state index contributed by atoms with van der Waals surface area (Å²) in [5.74, 6) is 0.0207. The number of rotatable bonds is 9. The van der Waals surface area contributed by atoms with E-state index in [-0.39, 0.29) is 24.8 Å². The number of hydrogen-bond donors (Lipinski definition) is 1. The molecule has 0 aliphatic rings. The lowest BCUT2D eigenvalue weighted by molar-refractivity contribution is -0.121. The van der Waals surface area contributed by atoms with E-state index >= 15 is 0 Å². The van der Waals surface area contributed by atoms with Crippen molar-refractivity contribution in [2.24, 2.45) is 5.92 Å². The molecule has 0 fully saturated rings. The maximum atomic E-state index is 11.9. The van der Waals surface area contributed by atoms with Gasteiger partial charge in [-0.05, 0) is 30.0 Å². The van der Waals surface area contributed by atoms with Crippen LogP contribution in [0.4, 0.5) is 0 Å². The van der Waals surface area contributed by atoms with Crippen molar-refractivity contribution in [3.63, 3.8) is 0 Å². The molecule has 0 aromatic heterocycles. The Morgan fingerprint density at radius 1 is 1.29 bits per heavy atom. The lowest BCUT2D eigenvalue weighted by Crippen LogP contribution is -2.37. The van der Waals surface area contributed by atoms with E-state index in [1.165, 1.54) is 4.31 Å². The fourth-order valence-electron chi connectivity index (χ4n) is 2.18. The minimum absolute atomic E-state index is 0.133. The van der Waals surface area contributed by atoms with Gasteiger partial charge in [0.2, 0.25) is 15.9 Å². The van der Waals surface area contributed by atoms with Crippen LogP contribution < -0.4 is 5.32 Å². The molecule has 0 unspecified atom stereocenters. The topological polar surface area (TPSA) is 66.5 Å². The minimum atomic E-state index is -3.31. The first-order valence-corrected chi connectivity index (χ1v) is 10.4. The van der Waals surface area contributed by atoms with Gasteiger partial charge in [0, 0.05) is 36.1 Å². The second-order valence-corrected chi connectivity index (χ2v) is 8.93. The van der Waals surface area contributed by atoms with Gasteiger partial charge in [0.05, 0.1) is 6.26 Å². The van der Waals surface area contributed by atoms with Crippen LogP contribution in [0.5, 0.6) is 0 Å². The number of benzene rings is 1. The number of carbonyl (C=O) groups excluding carboxylic acids is 1. The Morgan fingerprint density at radius 2 is 1.96 bits per heavy atom. The summed E-state index contributed by atoms with van der Waals surface area (Å²) in [5.41, 5.74) is 0.902. The number of nitrogens with zero attached hydrogens (tertiary/aromatic N) is 1. The van der Waals surface area contributed by atoms with Crippen molar-refractivity contribution >= 4 is 39.1 Å². The zero-order valence-corrected chi connectivity index (χ0v) is 16.5. The predicted molar refractivity (Wildman–Crippen MR) is 99.0 cm³/mol. The molecular weight excluding hydrogens is 371 g/mol. The van der Waals surface area contributed by atoms with Gasteiger partial charge in [-0.15, -0.1) is 0 Å². The summed E-state index contributed by atoms with van der Waals surface area (Å²) in [7, 11) is -3.31. The number of sulfonamides is 1. The Morgan fingerprint density at radius 3 is 2.50 bits per heavy atom. The van der Waals surface area contributed by atoms with Crippen LogP contribution in [0.15, 0.2) is 18.2 Å². The van der Waals surface area contributed by atoms with Crippen molar-refractivity contribution in [3.05, 3.63) is 33.8 Å². The number of amides is 1. The van der Waals surface area contributed by atoms with Crippen molar-refractivity contribution in [3.8, 4) is 0 Å². The average molecular weight is 395 g/mol. The summed E-state index contributed by atoms with van der Waals surface area (Å²) in [5, 5.41) is 3.92. The van der Waals surface area contributed by atoms with E-state index in [1.54, 1.807) is 12.1 Å². The molecule has 0 bridgehead atoms. The first-order valence-electron chi connectivity index (χ1n) is 7.75. The number of carbonyl (C=O) groups is 1. The van der Waals surface area contributed by atoms with Crippen LogP contribution in [0.1, 0.15) is 25.8 Å². The van der Waals surface area contributed by atoms with E-state index in [0.29, 0.717) is 29.6 Å². The first kappa shape index (κ1) is 21.2. The molecule has 0 saturated carbocycles. The second-order valence-electron chi connectivity index (χ2n) is 6.10. The second kappa shape index (κ2) is 9.61. The molecule has 1 N–H and O–H groups in total. The Hall–Kier alpha value is -0.820. The Kier molecular flexibility index (Phi) is 8.50. The SMILES string of the molecule is CC(C)CN(CCC(=O)NCCc1ccc(Cl)cc1Cl)S(C)(=O)=O. The summed E-state index contributed by atoms with van der Waals surface area (Å²) in [6.07, 6.45) is 1.88. The monoisotopic (exact) mass is 394 g/mol. The molecule has 5 nitrogen and oxygen atoms in total. The van der Waals surface area contributed by atoms with Crippen LogP contribution in [-0.4, -0.2) is 44.5 Å². The molecule has 8 heteroatoms. The summed E-state index contributed by atoms with van der Waals surface area (Å²) in [4.78, 5) is 11.9. The van der Waals surface area contributed by atoms with Crippen LogP contribution in [0, 0.1) is 5.92 Å². The van der Waals surface area contributed by atoms with Gasteiger partial charge in [-0.25, -0.2) is 12.7 Å². The largest absolute Gasteiger partial charge is 0.356 e. The third-order valence-electron chi connectivity index (χ3n) is 3.36. The quantitative estimate of drug-likeness (QED) is 0.699. The first-order chi connectivity index (χ1) is 11.1. The van der Waals surface area contributed by atoms with E-state index in [4.69, 9.17) is 23.2 Å². The summed E-state index contributed by atoms with van der Waals surface area (Å²) in [6.45, 7) is 4.91. The van der Waals surface area contributed by atoms with E-state index in [0.717, 1.165) is 11.8 Å². The number of nitrogens with one attached hydrogen (secondary N) is 1. The van der Waals surface area contributed by atoms with Gasteiger partial charge in [0.1, 0.15) is 0 Å². The molecule has 0 radical (unpaired) electrons. The third kappa shape index (κ3) is 7.83. The van der Waals surface area contributed by atoms with Crippen LogP contribution >= 0.6 is 23.2 Å². The van der Waals surface area contributed by atoms with Gasteiger partial charge in [0.25, 0.3) is 0 Å². The maximum absolute atomic E-state index is 11.9. The Labute approximate surface area is 154 Å². The van der Waals surface area contributed by atoms with Gasteiger partial charge in [0.15, 0.2) is 0 Å². The number of halogens is 2. The van der Waals surface area contributed by atoms with Gasteiger partial charge in [-0.3, -0.25) is 4.79 Å². The van der Waals surface area contributed by atoms with Crippen molar-refractivity contribution in [1.82, 2.24) is 9.62 Å². The normalized spacial score (nSPS) is 12.0. The average Bonchev–Trinajstić information content (AvgIpc) is 2.44. The molecule has 1 rings (SSSR count). The zero-order chi connectivity index (χ0) is 18.3. The van der Waals surface area contributed by atoms with Crippen LogP contribution in [0.2, 0.25) is 10.0 Å². The lowest BCUT2D eigenvalue weighted by atomic mass is 10.1. The highest BCUT2D eigenvalue weighted by atomic mass is 35.5. The maximum Gasteiger partial charge on any atom is 0.221 e. The lowest BCUT2D eigenvalue weighted by Gasteiger charge is -2.21. The van der Waals surface area contributed by atoms with Crippen molar-refractivity contribution in [1.29, 1.82) is 0 Å². The molecule has 136 valence electrons. The summed E-state index contributed by atoms with van der Waals surface area (Å²) in [6, 6.07) is 5.24. The number of hydrogen-bond acceptors (Lipinski definition) is 3. The molecule has 0 atom stereocenters. The highest BCUT2D eigenvalue weighted by Crippen LogP contribution is 2.21. The van der Waals surface area contributed by atoms with E-state index in [2.05, 4.69) is 5.32 Å². The van der Waals surface area contributed by atoms with Gasteiger partial charge in [-0.1, -0.05) is 43.1 Å². The fourth-order valence-corrected chi connectivity index (χ4v) is 3.67. The summed E-state index contributed by atoms with van der Waals surface area (Å²) >= 11 is 11.9. The molecule has 0 aliphatic carbocycles. The molecule has 0 saturated heterocycles. The van der Waals surface area contributed by atoms with Crippen LogP contribution in [0.3, 0.4) is 0 Å². The Bertz CT molecular complexity index is 663. The van der Waals surface area contributed by atoms with E-state index in [9.17, 15) is 13.2 Å². The van der Waals surface area contributed by atoms with Gasteiger partial charge < -0.3 is 5.32 Å². The standard InChI is InChI=1S/C16H24Cl2N2O3S/c1-12(2)11-20(24(3,22)23)9-7-16(21)19-8-6-13-4-5-14(17)10-15(13)18/h4-5,10,12H,6-9,11H2,1-3H3,(H,19,21). The van der Waals surface area contributed by atoms with Gasteiger partial charge in [-0.2, -0.15) is 0 Å². The molecular formula is C16H24Cl2N2O3S. The van der Waals surface area contributed by atoms with Crippen molar-refractivity contribution in [2.75, 3.05) is 25.9 Å². The molecule has 0 aliphatic heterocycles. The predicted octanol–water partition coefficient (Wildman–Crippen LogP) is 2.96. The Balaban J connectivity index is 2.42.